The molecule has 4 atom stereocenters. The van der Waals surface area contributed by atoms with Crippen LogP contribution in [0.5, 0.6) is 0 Å². The van der Waals surface area contributed by atoms with Crippen LogP contribution in [0.2, 0.25) is 5.15 Å². The molecule has 0 bridgehead atoms. The standard InChI is InChI=1S/C17H24ClN4O7P/c18-12-5-10(20-9-3-1-2-4-9)13-16(21-12)22(7-19-13)17-15(24)14(23)11(29-17)6-28-8-30(25,26)27/h5,7,9,11,14-15,17,23-24H,1-4,6,8H2,(H,20,21)(H2,25,26,27)/t11-,14-,15-,17-/m1/s1. The van der Waals surface area contributed by atoms with Crippen LogP contribution in [0, 0.1) is 0 Å². The molecule has 5 N–H and O–H groups in total. The normalized spacial score (nSPS) is 27.9. The van der Waals surface area contributed by atoms with Crippen molar-refractivity contribution >= 4 is 36.0 Å². The summed E-state index contributed by atoms with van der Waals surface area (Å²) in [6.45, 7) is -0.296. The number of nitrogens with one attached hydrogen (secondary N) is 1. The van der Waals surface area contributed by atoms with Crippen molar-refractivity contribution in [2.45, 2.75) is 56.3 Å². The minimum atomic E-state index is -4.35. The van der Waals surface area contributed by atoms with Crippen LogP contribution >= 0.6 is 19.2 Å². The van der Waals surface area contributed by atoms with Gasteiger partial charge in [0.15, 0.2) is 11.9 Å². The van der Waals surface area contributed by atoms with Gasteiger partial charge in [-0.05, 0) is 12.8 Å². The van der Waals surface area contributed by atoms with E-state index in [1.807, 2.05) is 0 Å². The molecule has 1 saturated carbocycles. The number of anilines is 1. The predicted octanol–water partition coefficient (Wildman–Crippen LogP) is 1.21. The van der Waals surface area contributed by atoms with Gasteiger partial charge in [0.25, 0.3) is 0 Å². The topological polar surface area (TPSA) is 159 Å². The van der Waals surface area contributed by atoms with Gasteiger partial charge in [-0.3, -0.25) is 9.13 Å². The Bertz CT molecular complexity index is 948. The molecule has 2 aliphatic rings. The molecule has 3 heterocycles. The summed E-state index contributed by atoms with van der Waals surface area (Å²) in [4.78, 5) is 26.5. The molecule has 2 aromatic heterocycles. The molecule has 0 spiro atoms. The molecule has 1 aliphatic carbocycles. The number of aliphatic hydroxyl groups excluding tert-OH is 2. The Labute approximate surface area is 177 Å². The van der Waals surface area contributed by atoms with E-state index in [-0.39, 0.29) is 11.8 Å². The number of nitrogens with zero attached hydrogens (tertiary/aromatic N) is 3. The maximum atomic E-state index is 10.9. The highest BCUT2D eigenvalue weighted by atomic mass is 35.5. The lowest BCUT2D eigenvalue weighted by atomic mass is 10.1. The Morgan fingerprint density at radius 3 is 2.73 bits per heavy atom. The molecule has 0 aromatic carbocycles. The maximum absolute atomic E-state index is 10.9. The summed E-state index contributed by atoms with van der Waals surface area (Å²) in [5.74, 6) is 0. The van der Waals surface area contributed by atoms with E-state index in [9.17, 15) is 14.8 Å². The van der Waals surface area contributed by atoms with Gasteiger partial charge in [0, 0.05) is 12.1 Å². The van der Waals surface area contributed by atoms with E-state index in [4.69, 9.17) is 30.9 Å². The minimum Gasteiger partial charge on any atom is -0.387 e. The van der Waals surface area contributed by atoms with Gasteiger partial charge >= 0.3 is 7.60 Å². The zero-order chi connectivity index (χ0) is 21.5. The molecule has 0 unspecified atom stereocenters. The van der Waals surface area contributed by atoms with Gasteiger partial charge in [0.05, 0.1) is 18.6 Å². The van der Waals surface area contributed by atoms with Crippen LogP contribution in [0.1, 0.15) is 31.9 Å². The van der Waals surface area contributed by atoms with Gasteiger partial charge < -0.3 is 34.8 Å². The molecule has 0 amide bonds. The van der Waals surface area contributed by atoms with Crippen molar-refractivity contribution in [3.05, 3.63) is 17.5 Å². The van der Waals surface area contributed by atoms with Crippen molar-refractivity contribution in [3.8, 4) is 0 Å². The molecule has 4 rings (SSSR count). The molecule has 1 saturated heterocycles. The number of halogens is 1. The smallest absolute Gasteiger partial charge is 0.350 e. The van der Waals surface area contributed by atoms with Crippen molar-refractivity contribution in [1.82, 2.24) is 14.5 Å². The van der Waals surface area contributed by atoms with E-state index < -0.39 is 38.5 Å². The van der Waals surface area contributed by atoms with Gasteiger partial charge in [-0.2, -0.15) is 0 Å². The fraction of sp³-hybridized carbons (Fsp3) is 0.647. The second-order valence-electron chi connectivity index (χ2n) is 7.65. The Hall–Kier alpha value is -1.30. The lowest BCUT2D eigenvalue weighted by molar-refractivity contribution is -0.0612. The Morgan fingerprint density at radius 2 is 2.03 bits per heavy atom. The van der Waals surface area contributed by atoms with Crippen LogP contribution in [0.4, 0.5) is 5.69 Å². The second-order valence-corrected chi connectivity index (χ2v) is 9.63. The van der Waals surface area contributed by atoms with Crippen molar-refractivity contribution in [2.75, 3.05) is 18.3 Å². The minimum absolute atomic E-state index is 0.249. The number of fused-ring (bicyclic) bond motifs is 1. The lowest BCUT2D eigenvalue weighted by Gasteiger charge is -2.18. The monoisotopic (exact) mass is 462 g/mol. The van der Waals surface area contributed by atoms with Crippen molar-refractivity contribution in [2.24, 2.45) is 0 Å². The zero-order valence-electron chi connectivity index (χ0n) is 16.0. The van der Waals surface area contributed by atoms with Crippen LogP contribution in [0.25, 0.3) is 11.2 Å². The van der Waals surface area contributed by atoms with E-state index in [1.165, 1.54) is 23.7 Å². The molecule has 166 valence electrons. The van der Waals surface area contributed by atoms with Crippen LogP contribution in [0.15, 0.2) is 12.4 Å². The third-order valence-corrected chi connectivity index (χ3v) is 6.08. The quantitative estimate of drug-likeness (QED) is 0.299. The first-order chi connectivity index (χ1) is 14.2. The number of pyridine rings is 1. The Morgan fingerprint density at radius 1 is 1.30 bits per heavy atom. The fourth-order valence-electron chi connectivity index (χ4n) is 3.95. The van der Waals surface area contributed by atoms with E-state index in [0.29, 0.717) is 17.2 Å². The first-order valence-corrected chi connectivity index (χ1v) is 11.8. The van der Waals surface area contributed by atoms with Gasteiger partial charge in [0.2, 0.25) is 0 Å². The number of hydrogen-bond donors (Lipinski definition) is 5. The Balaban J connectivity index is 1.55. The van der Waals surface area contributed by atoms with Crippen LogP contribution in [-0.2, 0) is 14.0 Å². The van der Waals surface area contributed by atoms with Gasteiger partial charge in [-0.15, -0.1) is 0 Å². The van der Waals surface area contributed by atoms with Crippen LogP contribution in [0.3, 0.4) is 0 Å². The van der Waals surface area contributed by atoms with Crippen molar-refractivity contribution < 1.29 is 34.0 Å². The van der Waals surface area contributed by atoms with E-state index in [0.717, 1.165) is 18.5 Å². The maximum Gasteiger partial charge on any atom is 0.350 e. The summed E-state index contributed by atoms with van der Waals surface area (Å²) in [6, 6.07) is 2.04. The van der Waals surface area contributed by atoms with Gasteiger partial charge in [-0.25, -0.2) is 9.97 Å². The first kappa shape index (κ1) is 21.9. The molecular weight excluding hydrogens is 439 g/mol. The van der Waals surface area contributed by atoms with Crippen LogP contribution in [-0.4, -0.2) is 71.8 Å². The van der Waals surface area contributed by atoms with E-state index in [1.54, 1.807) is 6.07 Å². The summed E-state index contributed by atoms with van der Waals surface area (Å²) in [5.41, 5.74) is 1.69. The number of imidazole rings is 1. The third-order valence-electron chi connectivity index (χ3n) is 5.37. The lowest BCUT2D eigenvalue weighted by Crippen LogP contribution is -2.33. The number of rotatable bonds is 7. The van der Waals surface area contributed by atoms with Gasteiger partial charge in [0.1, 0.15) is 35.3 Å². The van der Waals surface area contributed by atoms with Gasteiger partial charge in [-0.1, -0.05) is 24.4 Å². The second kappa shape index (κ2) is 8.68. The molecule has 2 aromatic rings. The highest BCUT2D eigenvalue weighted by molar-refractivity contribution is 7.51. The summed E-state index contributed by atoms with van der Waals surface area (Å²) >= 11 is 6.21. The highest BCUT2D eigenvalue weighted by Gasteiger charge is 2.44. The van der Waals surface area contributed by atoms with E-state index in [2.05, 4.69) is 15.3 Å². The molecule has 1 aliphatic heterocycles. The first-order valence-electron chi connectivity index (χ1n) is 9.66. The number of ether oxygens (including phenoxy) is 2. The summed E-state index contributed by atoms with van der Waals surface area (Å²) in [7, 11) is -4.35. The third kappa shape index (κ3) is 4.63. The zero-order valence-corrected chi connectivity index (χ0v) is 17.6. The summed E-state index contributed by atoms with van der Waals surface area (Å²) in [5, 5.41) is 24.5. The average molecular weight is 463 g/mol. The summed E-state index contributed by atoms with van der Waals surface area (Å²) < 4.78 is 23.0. The largest absolute Gasteiger partial charge is 0.387 e. The van der Waals surface area contributed by atoms with E-state index >= 15 is 0 Å². The Kier molecular flexibility index (Phi) is 6.34. The number of aromatic nitrogens is 3. The van der Waals surface area contributed by atoms with Crippen molar-refractivity contribution in [3.63, 3.8) is 0 Å². The molecular formula is C17H24ClN4O7P. The molecule has 11 nitrogen and oxygen atoms in total. The molecule has 13 heteroatoms. The average Bonchev–Trinajstić information content (AvgIpc) is 3.37. The number of hydrogen-bond acceptors (Lipinski definition) is 8. The highest BCUT2D eigenvalue weighted by Crippen LogP contribution is 2.37. The molecule has 30 heavy (non-hydrogen) atoms. The summed E-state index contributed by atoms with van der Waals surface area (Å²) in [6.07, 6.45) is 0.471. The van der Waals surface area contributed by atoms with Crippen molar-refractivity contribution in [1.29, 1.82) is 0 Å². The van der Waals surface area contributed by atoms with Crippen LogP contribution < -0.4 is 5.32 Å². The number of aliphatic hydroxyl groups is 2. The molecule has 2 fully saturated rings. The predicted molar refractivity (Wildman–Crippen MR) is 107 cm³/mol. The SMILES string of the molecule is O=P(O)(O)COC[C@H]1O[C@@H](n2cnc3c(NC4CCCC4)cc(Cl)nc32)[C@H](O)[C@@H]1O. The molecule has 0 radical (unpaired) electrons. The fourth-order valence-corrected chi connectivity index (χ4v) is 4.48.